The fourth-order valence-corrected chi connectivity index (χ4v) is 4.05. The number of amides is 1. The van der Waals surface area contributed by atoms with Crippen LogP contribution in [0.4, 0.5) is 15.8 Å². The molecule has 6 nitrogen and oxygen atoms in total. The highest BCUT2D eigenvalue weighted by Crippen LogP contribution is 2.26. The van der Waals surface area contributed by atoms with Gasteiger partial charge in [-0.15, -0.1) is 0 Å². The molecule has 178 valence electrons. The second kappa shape index (κ2) is 11.4. The number of carbonyl (C=O) groups excluding carboxylic acids is 1. The number of anilines is 2. The summed E-state index contributed by atoms with van der Waals surface area (Å²) >= 11 is 1.34. The molecular weight excluding hydrogens is 465 g/mol. The minimum atomic E-state index is -0.399. The molecule has 0 saturated heterocycles. The number of hydrogen-bond donors (Lipinski definition) is 4. The van der Waals surface area contributed by atoms with Crippen LogP contribution >= 0.6 is 11.9 Å². The van der Waals surface area contributed by atoms with Gasteiger partial charge in [-0.2, -0.15) is 0 Å². The van der Waals surface area contributed by atoms with E-state index in [-0.39, 0.29) is 17.3 Å². The summed E-state index contributed by atoms with van der Waals surface area (Å²) in [7, 11) is 1.43. The number of aromatic hydroxyl groups is 1. The Labute approximate surface area is 207 Å². The Hall–Kier alpha value is -4.01. The minimum Gasteiger partial charge on any atom is -0.508 e. The number of nitrogens with one attached hydrogen (secondary N) is 3. The van der Waals surface area contributed by atoms with Crippen molar-refractivity contribution >= 4 is 29.2 Å². The number of phenols is 1. The molecule has 0 heterocycles. The van der Waals surface area contributed by atoms with Crippen molar-refractivity contribution in [3.63, 3.8) is 0 Å². The van der Waals surface area contributed by atoms with Crippen LogP contribution in [0.3, 0.4) is 0 Å². The number of rotatable bonds is 9. The zero-order chi connectivity index (χ0) is 24.6. The third-order valence-corrected chi connectivity index (χ3v) is 5.99. The van der Waals surface area contributed by atoms with Gasteiger partial charge in [0.1, 0.15) is 11.6 Å². The van der Waals surface area contributed by atoms with Crippen molar-refractivity contribution in [1.29, 1.82) is 0 Å². The van der Waals surface area contributed by atoms with Gasteiger partial charge in [0.25, 0.3) is 5.91 Å². The molecule has 35 heavy (non-hydrogen) atoms. The molecule has 0 bridgehead atoms. The lowest BCUT2D eigenvalue weighted by molar-refractivity contribution is 0.0951. The molecule has 0 atom stereocenters. The van der Waals surface area contributed by atoms with E-state index in [9.17, 15) is 14.3 Å². The first-order chi connectivity index (χ1) is 17.0. The summed E-state index contributed by atoms with van der Waals surface area (Å²) in [5, 5.41) is 12.4. The van der Waals surface area contributed by atoms with E-state index < -0.39 is 5.82 Å². The lowest BCUT2D eigenvalue weighted by atomic mass is 10.0. The monoisotopic (exact) mass is 489 g/mol. The number of carbonyl (C=O) groups is 1. The molecule has 0 aliphatic heterocycles. The highest BCUT2D eigenvalue weighted by Gasteiger charge is 2.08. The molecule has 1 amide bonds. The van der Waals surface area contributed by atoms with Gasteiger partial charge in [0.05, 0.1) is 12.8 Å². The Morgan fingerprint density at radius 2 is 1.66 bits per heavy atom. The van der Waals surface area contributed by atoms with Gasteiger partial charge < -0.3 is 15.1 Å². The molecule has 4 N–H and O–H groups in total. The van der Waals surface area contributed by atoms with Gasteiger partial charge in [0.2, 0.25) is 0 Å². The molecule has 0 aliphatic rings. The molecular formula is C27H24FN3O3S. The lowest BCUT2D eigenvalue weighted by Crippen LogP contribution is -2.22. The van der Waals surface area contributed by atoms with E-state index in [0.717, 1.165) is 27.3 Å². The van der Waals surface area contributed by atoms with Gasteiger partial charge in [-0.05, 0) is 83.2 Å². The smallest absolute Gasteiger partial charge is 0.251 e. The van der Waals surface area contributed by atoms with Crippen LogP contribution in [0.25, 0.3) is 11.1 Å². The molecule has 0 unspecified atom stereocenters. The Kier molecular flexibility index (Phi) is 7.87. The highest BCUT2D eigenvalue weighted by atomic mass is 32.2. The van der Waals surface area contributed by atoms with Crippen molar-refractivity contribution in [2.45, 2.75) is 11.4 Å². The first-order valence-electron chi connectivity index (χ1n) is 10.8. The third-order valence-electron chi connectivity index (χ3n) is 5.16. The number of halogens is 1. The van der Waals surface area contributed by atoms with Crippen LogP contribution in [-0.2, 0) is 11.4 Å². The molecule has 0 fully saturated rings. The molecule has 4 aromatic rings. The second-order valence-corrected chi connectivity index (χ2v) is 8.54. The van der Waals surface area contributed by atoms with Gasteiger partial charge in [-0.1, -0.05) is 36.4 Å². The van der Waals surface area contributed by atoms with E-state index in [4.69, 9.17) is 4.84 Å². The summed E-state index contributed by atoms with van der Waals surface area (Å²) in [6, 6.07) is 26.6. The van der Waals surface area contributed by atoms with Gasteiger partial charge in [0.15, 0.2) is 0 Å². The van der Waals surface area contributed by atoms with E-state index >= 15 is 0 Å². The molecule has 4 rings (SSSR count). The predicted octanol–water partition coefficient (Wildman–Crippen LogP) is 6.22. The molecule has 0 spiro atoms. The fourth-order valence-electron chi connectivity index (χ4n) is 3.37. The average molecular weight is 490 g/mol. The Bertz CT molecular complexity index is 1300. The number of hydrogen-bond acceptors (Lipinski definition) is 6. The molecule has 0 aliphatic carbocycles. The van der Waals surface area contributed by atoms with Crippen molar-refractivity contribution < 1.29 is 19.1 Å². The standard InChI is InChI=1S/C27H24FN3O3S/c1-34-30-26-16-24(13-14-25(26)28)35-31-22-4-2-3-18(15-22)17-29-27(33)21-7-5-19(6-8-21)20-9-11-23(32)12-10-20/h2-16,30-32H,17H2,1H3,(H,29,33). The highest BCUT2D eigenvalue weighted by molar-refractivity contribution is 8.00. The summed E-state index contributed by atoms with van der Waals surface area (Å²) in [4.78, 5) is 18.2. The first kappa shape index (κ1) is 24.1. The summed E-state index contributed by atoms with van der Waals surface area (Å²) in [6.07, 6.45) is 0. The maximum Gasteiger partial charge on any atom is 0.251 e. The van der Waals surface area contributed by atoms with E-state index in [1.165, 1.54) is 25.1 Å². The Morgan fingerprint density at radius 3 is 2.37 bits per heavy atom. The lowest BCUT2D eigenvalue weighted by Gasteiger charge is -2.11. The normalized spacial score (nSPS) is 10.6. The van der Waals surface area contributed by atoms with Crippen LogP contribution in [0.2, 0.25) is 0 Å². The van der Waals surface area contributed by atoms with Crippen molar-refractivity contribution in [3.8, 4) is 16.9 Å². The molecule has 0 aromatic heterocycles. The largest absolute Gasteiger partial charge is 0.508 e. The Morgan fingerprint density at radius 1 is 0.943 bits per heavy atom. The van der Waals surface area contributed by atoms with Crippen molar-refractivity contribution in [1.82, 2.24) is 5.32 Å². The predicted molar refractivity (Wildman–Crippen MR) is 138 cm³/mol. The van der Waals surface area contributed by atoms with Crippen LogP contribution in [0.5, 0.6) is 5.75 Å². The molecule has 4 aromatic carbocycles. The van der Waals surface area contributed by atoms with Crippen molar-refractivity contribution in [2.75, 3.05) is 17.3 Å². The third kappa shape index (κ3) is 6.53. The zero-order valence-corrected chi connectivity index (χ0v) is 19.7. The van der Waals surface area contributed by atoms with Crippen LogP contribution in [-0.4, -0.2) is 18.1 Å². The Balaban J connectivity index is 1.33. The van der Waals surface area contributed by atoms with Crippen molar-refractivity contribution in [3.05, 3.63) is 108 Å². The minimum absolute atomic E-state index is 0.167. The number of benzene rings is 4. The van der Waals surface area contributed by atoms with Crippen LogP contribution in [0.1, 0.15) is 15.9 Å². The van der Waals surface area contributed by atoms with Gasteiger partial charge in [-0.3, -0.25) is 15.1 Å². The topological polar surface area (TPSA) is 82.6 Å². The van der Waals surface area contributed by atoms with Gasteiger partial charge >= 0.3 is 0 Å². The van der Waals surface area contributed by atoms with Crippen LogP contribution in [0, 0.1) is 5.82 Å². The SMILES string of the molecule is CONc1cc(SNc2cccc(CNC(=O)c3ccc(-c4ccc(O)cc4)cc3)c2)ccc1F. The molecule has 0 saturated carbocycles. The molecule has 8 heteroatoms. The van der Waals surface area contributed by atoms with Gasteiger partial charge in [-0.25, -0.2) is 4.39 Å². The van der Waals surface area contributed by atoms with E-state index in [0.29, 0.717) is 12.1 Å². The van der Waals surface area contributed by atoms with Crippen LogP contribution in [0.15, 0.2) is 95.9 Å². The fraction of sp³-hybridized carbons (Fsp3) is 0.0741. The first-order valence-corrected chi connectivity index (χ1v) is 11.6. The zero-order valence-electron chi connectivity index (χ0n) is 18.9. The summed E-state index contributed by atoms with van der Waals surface area (Å²) in [6.45, 7) is 0.372. The average Bonchev–Trinajstić information content (AvgIpc) is 2.89. The van der Waals surface area contributed by atoms with Crippen LogP contribution < -0.4 is 15.5 Å². The quantitative estimate of drug-likeness (QED) is 0.165. The maximum atomic E-state index is 13.7. The maximum absolute atomic E-state index is 13.7. The van der Waals surface area contributed by atoms with Crippen molar-refractivity contribution in [2.24, 2.45) is 0 Å². The summed E-state index contributed by atoms with van der Waals surface area (Å²) in [5.41, 5.74) is 7.04. The van der Waals surface area contributed by atoms with E-state index in [2.05, 4.69) is 15.5 Å². The number of phenolic OH excluding ortho intramolecular Hbond substituents is 1. The summed E-state index contributed by atoms with van der Waals surface area (Å²) < 4.78 is 17.0. The van der Waals surface area contributed by atoms with E-state index in [1.54, 1.807) is 36.4 Å². The van der Waals surface area contributed by atoms with E-state index in [1.807, 2.05) is 48.5 Å². The van der Waals surface area contributed by atoms with Gasteiger partial charge in [0, 0.05) is 22.7 Å². The second-order valence-electron chi connectivity index (χ2n) is 7.66. The summed E-state index contributed by atoms with van der Waals surface area (Å²) in [5.74, 6) is -0.352. The molecule has 0 radical (unpaired) electrons.